The highest BCUT2D eigenvalue weighted by atomic mass is 16.3. The van der Waals surface area contributed by atoms with Crippen molar-refractivity contribution in [1.82, 2.24) is 14.7 Å². The van der Waals surface area contributed by atoms with Gasteiger partial charge in [0.15, 0.2) is 0 Å². The molecule has 0 aliphatic carbocycles. The predicted molar refractivity (Wildman–Crippen MR) is 122 cm³/mol. The maximum absolute atomic E-state index is 12.3. The molecule has 0 spiro atoms. The standard InChI is InChI=1S/C24H30N4O2/c1-4-27(18-19-10-5-7-12-22(19)26(2)3)16-9-17-28-24(30)15-14-21(25-28)20-11-6-8-13-23(20)29/h5-8,10-15,29H,4,9,16-18H2,1-3H3. The van der Waals surface area contributed by atoms with Crippen LogP contribution >= 0.6 is 0 Å². The molecule has 1 heterocycles. The zero-order chi connectivity index (χ0) is 21.5. The molecule has 0 unspecified atom stereocenters. The molecule has 0 fully saturated rings. The van der Waals surface area contributed by atoms with E-state index in [-0.39, 0.29) is 11.3 Å². The van der Waals surface area contributed by atoms with Gasteiger partial charge >= 0.3 is 0 Å². The van der Waals surface area contributed by atoms with E-state index in [2.05, 4.69) is 60.2 Å². The van der Waals surface area contributed by atoms with Gasteiger partial charge in [0.25, 0.3) is 5.56 Å². The van der Waals surface area contributed by atoms with Gasteiger partial charge in [0.1, 0.15) is 5.75 Å². The van der Waals surface area contributed by atoms with Gasteiger partial charge in [-0.05, 0) is 42.8 Å². The number of nitrogens with zero attached hydrogens (tertiary/aromatic N) is 4. The van der Waals surface area contributed by atoms with Gasteiger partial charge in [-0.3, -0.25) is 9.69 Å². The average molecular weight is 407 g/mol. The van der Waals surface area contributed by atoms with Crippen molar-refractivity contribution in [3.8, 4) is 17.0 Å². The number of aromatic hydroxyl groups is 1. The molecule has 0 amide bonds. The lowest BCUT2D eigenvalue weighted by atomic mass is 10.1. The molecule has 30 heavy (non-hydrogen) atoms. The second kappa shape index (κ2) is 10.1. The normalized spacial score (nSPS) is 11.1. The summed E-state index contributed by atoms with van der Waals surface area (Å²) in [4.78, 5) is 16.8. The van der Waals surface area contributed by atoms with Crippen molar-refractivity contribution >= 4 is 5.69 Å². The summed E-state index contributed by atoms with van der Waals surface area (Å²) < 4.78 is 1.49. The largest absolute Gasteiger partial charge is 0.507 e. The number of hydrogen-bond donors (Lipinski definition) is 1. The highest BCUT2D eigenvalue weighted by Crippen LogP contribution is 2.26. The first-order chi connectivity index (χ1) is 14.5. The monoisotopic (exact) mass is 406 g/mol. The van der Waals surface area contributed by atoms with Gasteiger partial charge in [-0.25, -0.2) is 4.68 Å². The van der Waals surface area contributed by atoms with E-state index in [1.165, 1.54) is 22.0 Å². The Morgan fingerprint density at radius 3 is 2.47 bits per heavy atom. The second-order valence-electron chi connectivity index (χ2n) is 7.54. The topological polar surface area (TPSA) is 61.6 Å². The van der Waals surface area contributed by atoms with Gasteiger partial charge in [0.2, 0.25) is 0 Å². The summed E-state index contributed by atoms with van der Waals surface area (Å²) in [5, 5.41) is 14.5. The molecule has 0 saturated carbocycles. The van der Waals surface area contributed by atoms with Gasteiger partial charge < -0.3 is 10.0 Å². The molecule has 1 aromatic heterocycles. The number of phenolic OH excluding ortho intramolecular Hbond substituents is 1. The first-order valence-electron chi connectivity index (χ1n) is 10.3. The van der Waals surface area contributed by atoms with E-state index in [0.717, 1.165) is 26.1 Å². The van der Waals surface area contributed by atoms with Crippen LogP contribution in [-0.2, 0) is 13.1 Å². The number of anilines is 1. The highest BCUT2D eigenvalue weighted by Gasteiger charge is 2.10. The van der Waals surface area contributed by atoms with Gasteiger partial charge in [0.05, 0.1) is 5.69 Å². The number of rotatable bonds is 9. The highest BCUT2D eigenvalue weighted by molar-refractivity contribution is 5.65. The third-order valence-electron chi connectivity index (χ3n) is 5.21. The molecule has 0 saturated heterocycles. The molecule has 3 rings (SSSR count). The van der Waals surface area contributed by atoms with E-state index in [1.54, 1.807) is 24.3 Å². The molecular formula is C24H30N4O2. The van der Waals surface area contributed by atoms with Crippen LogP contribution in [0.3, 0.4) is 0 Å². The van der Waals surface area contributed by atoms with Gasteiger partial charge in [-0.15, -0.1) is 0 Å². The summed E-state index contributed by atoms with van der Waals surface area (Å²) in [5.41, 5.74) is 3.61. The predicted octanol–water partition coefficient (Wildman–Crippen LogP) is 3.59. The average Bonchev–Trinajstić information content (AvgIpc) is 2.75. The quantitative estimate of drug-likeness (QED) is 0.588. The maximum Gasteiger partial charge on any atom is 0.266 e. The van der Waals surface area contributed by atoms with E-state index in [9.17, 15) is 9.90 Å². The summed E-state index contributed by atoms with van der Waals surface area (Å²) in [6.45, 7) is 5.36. The zero-order valence-electron chi connectivity index (χ0n) is 18.0. The molecule has 158 valence electrons. The Hall–Kier alpha value is -3.12. The Kier molecular flexibility index (Phi) is 7.25. The lowest BCUT2D eigenvalue weighted by Gasteiger charge is -2.24. The van der Waals surface area contributed by atoms with Crippen molar-refractivity contribution in [2.75, 3.05) is 32.1 Å². The lowest BCUT2D eigenvalue weighted by Crippen LogP contribution is -2.28. The molecule has 0 radical (unpaired) electrons. The molecule has 6 heteroatoms. The van der Waals surface area contributed by atoms with Crippen LogP contribution in [0.15, 0.2) is 65.5 Å². The van der Waals surface area contributed by atoms with Crippen LogP contribution in [0.1, 0.15) is 18.9 Å². The van der Waals surface area contributed by atoms with E-state index < -0.39 is 0 Å². The number of benzene rings is 2. The smallest absolute Gasteiger partial charge is 0.266 e. The molecular weight excluding hydrogens is 376 g/mol. The molecule has 2 aromatic carbocycles. The Balaban J connectivity index is 1.66. The summed E-state index contributed by atoms with van der Waals surface area (Å²) in [5.74, 6) is 0.159. The molecule has 0 bridgehead atoms. The number of phenols is 1. The summed E-state index contributed by atoms with van der Waals surface area (Å²) in [7, 11) is 4.12. The van der Waals surface area contributed by atoms with Crippen LogP contribution in [0.25, 0.3) is 11.3 Å². The Morgan fingerprint density at radius 1 is 1.00 bits per heavy atom. The van der Waals surface area contributed by atoms with Crippen LogP contribution in [-0.4, -0.2) is 47.0 Å². The molecule has 0 aliphatic rings. The van der Waals surface area contributed by atoms with Crippen molar-refractivity contribution < 1.29 is 5.11 Å². The molecule has 1 N–H and O–H groups in total. The fourth-order valence-electron chi connectivity index (χ4n) is 3.56. The molecule has 3 aromatic rings. The number of para-hydroxylation sites is 2. The van der Waals surface area contributed by atoms with Gasteiger partial charge in [-0.2, -0.15) is 5.10 Å². The summed E-state index contributed by atoms with van der Waals surface area (Å²) >= 11 is 0. The molecule has 0 aliphatic heterocycles. The summed E-state index contributed by atoms with van der Waals surface area (Å²) in [6, 6.07) is 18.6. The first-order valence-corrected chi connectivity index (χ1v) is 10.3. The van der Waals surface area contributed by atoms with Crippen LogP contribution in [0.4, 0.5) is 5.69 Å². The molecule has 6 nitrogen and oxygen atoms in total. The Morgan fingerprint density at radius 2 is 1.73 bits per heavy atom. The van der Waals surface area contributed by atoms with E-state index in [4.69, 9.17) is 0 Å². The minimum atomic E-state index is -0.129. The van der Waals surface area contributed by atoms with Crippen molar-refractivity contribution in [2.45, 2.75) is 26.4 Å². The third kappa shape index (κ3) is 5.27. The zero-order valence-corrected chi connectivity index (χ0v) is 18.0. The van der Waals surface area contributed by atoms with Crippen molar-refractivity contribution in [2.24, 2.45) is 0 Å². The number of aryl methyl sites for hydroxylation is 1. The van der Waals surface area contributed by atoms with Gasteiger partial charge in [0, 0.05) is 51.0 Å². The third-order valence-corrected chi connectivity index (χ3v) is 5.21. The van der Waals surface area contributed by atoms with E-state index >= 15 is 0 Å². The van der Waals surface area contributed by atoms with Crippen LogP contribution in [0.5, 0.6) is 5.75 Å². The van der Waals surface area contributed by atoms with Crippen molar-refractivity contribution in [3.05, 3.63) is 76.6 Å². The van der Waals surface area contributed by atoms with E-state index in [1.807, 2.05) is 6.07 Å². The van der Waals surface area contributed by atoms with Crippen LogP contribution < -0.4 is 10.5 Å². The van der Waals surface area contributed by atoms with Crippen LogP contribution in [0, 0.1) is 0 Å². The van der Waals surface area contributed by atoms with Crippen molar-refractivity contribution in [1.29, 1.82) is 0 Å². The first kappa shape index (κ1) is 21.6. The van der Waals surface area contributed by atoms with Crippen LogP contribution in [0.2, 0.25) is 0 Å². The number of aromatic nitrogens is 2. The summed E-state index contributed by atoms with van der Waals surface area (Å²) in [6.07, 6.45) is 0.815. The van der Waals surface area contributed by atoms with E-state index in [0.29, 0.717) is 17.8 Å². The Labute approximate surface area is 178 Å². The maximum atomic E-state index is 12.3. The fraction of sp³-hybridized carbons (Fsp3) is 0.333. The Bertz CT molecular complexity index is 1030. The number of hydrogen-bond acceptors (Lipinski definition) is 5. The second-order valence-corrected chi connectivity index (χ2v) is 7.54. The van der Waals surface area contributed by atoms with Crippen molar-refractivity contribution in [3.63, 3.8) is 0 Å². The minimum absolute atomic E-state index is 0.129. The lowest BCUT2D eigenvalue weighted by molar-refractivity contribution is 0.268. The van der Waals surface area contributed by atoms with Gasteiger partial charge in [-0.1, -0.05) is 37.3 Å². The SMILES string of the molecule is CCN(CCCn1nc(-c2ccccc2O)ccc1=O)Cc1ccccc1N(C)C. The fourth-order valence-corrected chi connectivity index (χ4v) is 3.56. The molecule has 0 atom stereocenters. The minimum Gasteiger partial charge on any atom is -0.507 e.